The number of nitrogens with zero attached hydrogens (tertiary/aromatic N) is 2. The first-order valence-electron chi connectivity index (χ1n) is 13.3. The normalized spacial score (nSPS) is 42.5. The molecule has 4 fully saturated rings. The van der Waals surface area contributed by atoms with Crippen molar-refractivity contribution in [2.75, 3.05) is 0 Å². The molecule has 2 aliphatic heterocycles. The summed E-state index contributed by atoms with van der Waals surface area (Å²) in [6, 6.07) is 0.888. The molecule has 6 atom stereocenters. The van der Waals surface area contributed by atoms with Gasteiger partial charge in [0.2, 0.25) is 0 Å². The number of fused-ring (bicyclic) bond motifs is 2. The van der Waals surface area contributed by atoms with E-state index in [2.05, 4.69) is 0 Å². The monoisotopic (exact) mass is 412 g/mol. The molecular weight excluding hydrogens is 372 g/mol. The fourth-order valence-electron chi connectivity index (χ4n) is 7.50. The lowest BCUT2D eigenvalue weighted by atomic mass is 9.70. The van der Waals surface area contributed by atoms with Crippen molar-refractivity contribution in [3.63, 3.8) is 0 Å². The minimum absolute atomic E-state index is 0.389. The van der Waals surface area contributed by atoms with E-state index in [1.165, 1.54) is 103 Å². The molecule has 4 aliphatic carbocycles. The lowest BCUT2D eigenvalue weighted by Crippen LogP contribution is -2.38. The van der Waals surface area contributed by atoms with E-state index in [1.54, 1.807) is 0 Å². The Balaban J connectivity index is 1.07. The van der Waals surface area contributed by atoms with Crippen molar-refractivity contribution in [2.45, 2.75) is 127 Å². The van der Waals surface area contributed by atoms with Gasteiger partial charge in [-0.25, -0.2) is 9.98 Å². The van der Waals surface area contributed by atoms with E-state index in [-0.39, 0.29) is 0 Å². The van der Waals surface area contributed by atoms with Gasteiger partial charge in [0.1, 0.15) is 12.2 Å². The number of ether oxygens (including phenoxy) is 2. The summed E-state index contributed by atoms with van der Waals surface area (Å²) < 4.78 is 12.8. The van der Waals surface area contributed by atoms with Crippen LogP contribution < -0.4 is 0 Å². The fraction of sp³-hybridized carbons (Fsp3) is 0.923. The van der Waals surface area contributed by atoms with Crippen molar-refractivity contribution < 1.29 is 9.47 Å². The number of aliphatic imine (C=N–C) groups is 2. The summed E-state index contributed by atoms with van der Waals surface area (Å²) in [5.74, 6) is 5.17. The van der Waals surface area contributed by atoms with Crippen LogP contribution in [0.3, 0.4) is 0 Å². The van der Waals surface area contributed by atoms with Gasteiger partial charge in [-0.05, 0) is 76.0 Å². The van der Waals surface area contributed by atoms with Gasteiger partial charge in [-0.2, -0.15) is 0 Å². The van der Waals surface area contributed by atoms with Crippen LogP contribution in [0.1, 0.15) is 103 Å². The molecule has 0 amide bonds. The van der Waals surface area contributed by atoms with E-state index >= 15 is 0 Å². The summed E-state index contributed by atoms with van der Waals surface area (Å²) in [5.41, 5.74) is 0. The Bertz CT molecular complexity index is 619. The zero-order valence-corrected chi connectivity index (χ0v) is 18.6. The summed E-state index contributed by atoms with van der Waals surface area (Å²) in [6.45, 7) is 0. The van der Waals surface area contributed by atoms with Crippen LogP contribution in [-0.4, -0.2) is 36.1 Å². The van der Waals surface area contributed by atoms with Gasteiger partial charge in [0.15, 0.2) is 11.8 Å². The summed E-state index contributed by atoms with van der Waals surface area (Å²) in [4.78, 5) is 10.3. The van der Waals surface area contributed by atoms with E-state index in [0.717, 1.165) is 23.6 Å². The van der Waals surface area contributed by atoms with Crippen molar-refractivity contribution in [3.8, 4) is 0 Å². The zero-order valence-electron chi connectivity index (χ0n) is 18.6. The standard InChI is InChI=1S/C26H40N2O2/c1-3-7-17(8-4-1)25-27-21-15-19(11-13-23(21)29-25)20-12-14-24-22(16-20)28-26(30-24)18-9-5-2-6-10-18/h17-24H,1-16H2. The minimum Gasteiger partial charge on any atom is -0.475 e. The van der Waals surface area contributed by atoms with E-state index in [9.17, 15) is 0 Å². The first-order valence-corrected chi connectivity index (χ1v) is 13.3. The molecule has 6 aliphatic rings. The molecule has 0 bridgehead atoms. The Kier molecular flexibility index (Phi) is 5.53. The third kappa shape index (κ3) is 3.81. The molecule has 0 aromatic carbocycles. The Morgan fingerprint density at radius 1 is 0.500 bits per heavy atom. The van der Waals surface area contributed by atoms with Crippen LogP contribution in [-0.2, 0) is 9.47 Å². The second kappa shape index (κ2) is 8.47. The van der Waals surface area contributed by atoms with Gasteiger partial charge in [0.25, 0.3) is 0 Å². The highest BCUT2D eigenvalue weighted by atomic mass is 16.5. The fourth-order valence-corrected chi connectivity index (χ4v) is 7.50. The third-order valence-corrected chi connectivity index (χ3v) is 9.30. The third-order valence-electron chi connectivity index (χ3n) is 9.30. The van der Waals surface area contributed by atoms with Gasteiger partial charge in [-0.1, -0.05) is 38.5 Å². The highest BCUT2D eigenvalue weighted by Crippen LogP contribution is 2.45. The Labute approximate surface area is 182 Å². The summed E-state index contributed by atoms with van der Waals surface area (Å²) in [5, 5.41) is 0. The SMILES string of the molecule is C1CCC(C2=NC3CC(C4CCC5OC(C6CCCCC6)=NC5C4)CCC3O2)CC1. The van der Waals surface area contributed by atoms with Crippen molar-refractivity contribution in [3.05, 3.63) is 0 Å². The lowest BCUT2D eigenvalue weighted by molar-refractivity contribution is 0.0613. The van der Waals surface area contributed by atoms with E-state index < -0.39 is 0 Å². The summed E-state index contributed by atoms with van der Waals surface area (Å²) >= 11 is 0. The first-order chi connectivity index (χ1) is 14.8. The maximum Gasteiger partial charge on any atom is 0.187 e. The van der Waals surface area contributed by atoms with Crippen LogP contribution >= 0.6 is 0 Å². The molecule has 2 heterocycles. The maximum absolute atomic E-state index is 6.40. The molecule has 0 saturated heterocycles. The molecule has 4 heteroatoms. The van der Waals surface area contributed by atoms with E-state index in [4.69, 9.17) is 19.5 Å². The Hall–Kier alpha value is -1.06. The Morgan fingerprint density at radius 3 is 1.37 bits per heavy atom. The molecule has 0 spiro atoms. The average Bonchev–Trinajstić information content (AvgIpc) is 3.43. The largest absolute Gasteiger partial charge is 0.475 e. The zero-order chi connectivity index (χ0) is 19.9. The van der Waals surface area contributed by atoms with Gasteiger partial charge in [0, 0.05) is 11.8 Å². The van der Waals surface area contributed by atoms with Crippen LogP contribution in [0, 0.1) is 23.7 Å². The molecular formula is C26H40N2O2. The predicted molar refractivity (Wildman–Crippen MR) is 120 cm³/mol. The molecule has 4 nitrogen and oxygen atoms in total. The van der Waals surface area contributed by atoms with Crippen LogP contribution in [0.15, 0.2) is 9.98 Å². The van der Waals surface area contributed by atoms with E-state index in [0.29, 0.717) is 36.1 Å². The molecule has 6 unspecified atom stereocenters. The minimum atomic E-state index is 0.389. The second-order valence-corrected chi connectivity index (χ2v) is 11.2. The maximum atomic E-state index is 6.40. The highest BCUT2D eigenvalue weighted by molar-refractivity contribution is 5.81. The van der Waals surface area contributed by atoms with Crippen molar-refractivity contribution in [1.29, 1.82) is 0 Å². The molecule has 0 aromatic heterocycles. The predicted octanol–water partition coefficient (Wildman–Crippen LogP) is 6.08. The second-order valence-electron chi connectivity index (χ2n) is 11.2. The van der Waals surface area contributed by atoms with Crippen LogP contribution in [0.2, 0.25) is 0 Å². The lowest BCUT2D eigenvalue weighted by Gasteiger charge is -2.38. The van der Waals surface area contributed by atoms with Gasteiger partial charge in [-0.3, -0.25) is 0 Å². The van der Waals surface area contributed by atoms with Crippen LogP contribution in [0.5, 0.6) is 0 Å². The molecule has 0 N–H and O–H groups in total. The van der Waals surface area contributed by atoms with E-state index in [1.807, 2.05) is 0 Å². The summed E-state index contributed by atoms with van der Waals surface area (Å²) in [7, 11) is 0. The number of rotatable bonds is 3. The van der Waals surface area contributed by atoms with Crippen molar-refractivity contribution >= 4 is 11.8 Å². The molecule has 6 rings (SSSR count). The van der Waals surface area contributed by atoms with Crippen molar-refractivity contribution in [1.82, 2.24) is 0 Å². The number of hydrogen-bond acceptors (Lipinski definition) is 4. The molecule has 0 aromatic rings. The molecule has 0 radical (unpaired) electrons. The van der Waals surface area contributed by atoms with Gasteiger partial charge in [0.05, 0.1) is 12.1 Å². The molecule has 4 saturated carbocycles. The quantitative estimate of drug-likeness (QED) is 0.564. The molecule has 166 valence electrons. The first kappa shape index (κ1) is 19.6. The topological polar surface area (TPSA) is 43.2 Å². The molecule has 30 heavy (non-hydrogen) atoms. The van der Waals surface area contributed by atoms with Crippen LogP contribution in [0.25, 0.3) is 0 Å². The average molecular weight is 413 g/mol. The Morgan fingerprint density at radius 2 is 0.933 bits per heavy atom. The number of hydrogen-bond donors (Lipinski definition) is 0. The van der Waals surface area contributed by atoms with Gasteiger partial charge < -0.3 is 9.47 Å². The van der Waals surface area contributed by atoms with Crippen LogP contribution in [0.4, 0.5) is 0 Å². The van der Waals surface area contributed by atoms with Gasteiger partial charge in [-0.15, -0.1) is 0 Å². The smallest absolute Gasteiger partial charge is 0.187 e. The summed E-state index contributed by atoms with van der Waals surface area (Å²) in [6.07, 6.45) is 21.8. The van der Waals surface area contributed by atoms with Crippen molar-refractivity contribution in [2.24, 2.45) is 33.7 Å². The van der Waals surface area contributed by atoms with Gasteiger partial charge >= 0.3 is 0 Å². The highest BCUT2D eigenvalue weighted by Gasteiger charge is 2.45.